The van der Waals surface area contributed by atoms with Gasteiger partial charge in [0, 0.05) is 25.4 Å². The van der Waals surface area contributed by atoms with Crippen LogP contribution in [0, 0.1) is 5.82 Å². The first-order valence-electron chi connectivity index (χ1n) is 9.24. The summed E-state index contributed by atoms with van der Waals surface area (Å²) in [6.45, 7) is 1.33. The first-order valence-corrected chi connectivity index (χ1v) is 11.1. The van der Waals surface area contributed by atoms with Crippen LogP contribution >= 0.6 is 0 Å². The van der Waals surface area contributed by atoms with Gasteiger partial charge in [-0.1, -0.05) is 24.3 Å². The summed E-state index contributed by atoms with van der Waals surface area (Å²) >= 11 is 0. The number of sulfone groups is 1. The first kappa shape index (κ1) is 21.6. The van der Waals surface area contributed by atoms with E-state index in [1.807, 2.05) is 0 Å². The maximum absolute atomic E-state index is 14.1. The van der Waals surface area contributed by atoms with Crippen molar-refractivity contribution >= 4 is 26.6 Å². The van der Waals surface area contributed by atoms with E-state index in [0.717, 1.165) is 6.26 Å². The second-order valence-corrected chi connectivity index (χ2v) is 9.73. The van der Waals surface area contributed by atoms with Gasteiger partial charge < -0.3 is 5.32 Å². The third kappa shape index (κ3) is 3.85. The van der Waals surface area contributed by atoms with Gasteiger partial charge in [-0.2, -0.15) is 0 Å². The average molecular weight is 431 g/mol. The van der Waals surface area contributed by atoms with Gasteiger partial charge in [-0.05, 0) is 37.1 Å². The van der Waals surface area contributed by atoms with Crippen LogP contribution in [0.4, 0.5) is 4.39 Å². The Balaban J connectivity index is 1.96. The van der Waals surface area contributed by atoms with Crippen LogP contribution in [-0.2, 0) is 21.2 Å². The number of hydrogen-bond acceptors (Lipinski definition) is 5. The van der Waals surface area contributed by atoms with Crippen molar-refractivity contribution in [1.82, 2.24) is 14.9 Å². The monoisotopic (exact) mass is 431 g/mol. The van der Waals surface area contributed by atoms with Crippen LogP contribution in [0.3, 0.4) is 0 Å². The van der Waals surface area contributed by atoms with E-state index in [-0.39, 0.29) is 24.3 Å². The summed E-state index contributed by atoms with van der Waals surface area (Å²) in [4.78, 5) is 29.3. The van der Waals surface area contributed by atoms with Crippen molar-refractivity contribution in [3.8, 4) is 11.1 Å². The maximum atomic E-state index is 14.1. The zero-order valence-electron chi connectivity index (χ0n) is 16.8. The lowest BCUT2D eigenvalue weighted by Gasteiger charge is -2.25. The molecule has 7 nitrogen and oxygen atoms in total. The summed E-state index contributed by atoms with van der Waals surface area (Å²) in [6.07, 6.45) is 2.21. The molecule has 1 aromatic heterocycles. The number of carbonyl (C=O) groups is 1. The van der Waals surface area contributed by atoms with Crippen molar-refractivity contribution in [2.24, 2.45) is 0 Å². The Morgan fingerprint density at radius 1 is 1.23 bits per heavy atom. The number of aromatic nitrogens is 2. The first-order chi connectivity index (χ1) is 14.1. The predicted molar refractivity (Wildman–Crippen MR) is 113 cm³/mol. The molecule has 0 aliphatic carbocycles. The Kier molecular flexibility index (Phi) is 5.76. The fraction of sp³-hybridized carbons (Fsp3) is 0.286. The highest BCUT2D eigenvalue weighted by atomic mass is 32.2. The molecule has 0 aliphatic rings. The molecule has 9 heteroatoms. The van der Waals surface area contributed by atoms with Gasteiger partial charge in [-0.25, -0.2) is 17.8 Å². The quantitative estimate of drug-likeness (QED) is 0.645. The molecule has 3 rings (SSSR count). The lowest BCUT2D eigenvalue weighted by molar-refractivity contribution is -0.123. The number of halogens is 1. The number of rotatable bonds is 6. The molecule has 0 saturated heterocycles. The van der Waals surface area contributed by atoms with E-state index < -0.39 is 20.5 Å². The van der Waals surface area contributed by atoms with E-state index in [1.54, 1.807) is 36.4 Å². The zero-order valence-corrected chi connectivity index (χ0v) is 17.7. The third-order valence-electron chi connectivity index (χ3n) is 5.37. The topological polar surface area (TPSA) is 98.1 Å². The summed E-state index contributed by atoms with van der Waals surface area (Å²) in [5.74, 6) is -1.01. The SMILES string of the molecule is CNC(=O)[C@@](C)(CCn1cnc2cc(-c3ccccc3F)ccc2c1=O)S(C)(=O)=O. The number of fused-ring (bicyclic) bond motifs is 1. The number of benzene rings is 2. The van der Waals surface area contributed by atoms with Crippen molar-refractivity contribution in [2.75, 3.05) is 13.3 Å². The molecule has 0 unspecified atom stereocenters. The Bertz CT molecular complexity index is 1290. The summed E-state index contributed by atoms with van der Waals surface area (Å²) in [7, 11) is -2.36. The van der Waals surface area contributed by atoms with Crippen molar-refractivity contribution in [1.29, 1.82) is 0 Å². The van der Waals surface area contributed by atoms with Crippen molar-refractivity contribution in [3.05, 3.63) is 65.0 Å². The number of nitrogens with zero attached hydrogens (tertiary/aromatic N) is 2. The molecule has 158 valence electrons. The normalized spacial score (nSPS) is 13.7. The predicted octanol–water partition coefficient (Wildman–Crippen LogP) is 2.14. The van der Waals surface area contributed by atoms with E-state index in [4.69, 9.17) is 0 Å². The van der Waals surface area contributed by atoms with Crippen molar-refractivity contribution < 1.29 is 17.6 Å². The number of aryl methyl sites for hydroxylation is 1. The molecule has 1 amide bonds. The number of amides is 1. The Morgan fingerprint density at radius 3 is 2.57 bits per heavy atom. The molecule has 0 saturated carbocycles. The van der Waals surface area contributed by atoms with Crippen LogP contribution in [0.2, 0.25) is 0 Å². The third-order valence-corrected chi connectivity index (χ3v) is 7.39. The summed E-state index contributed by atoms with van der Waals surface area (Å²) in [5, 5.41) is 2.69. The van der Waals surface area contributed by atoms with Crippen LogP contribution in [0.25, 0.3) is 22.0 Å². The van der Waals surface area contributed by atoms with E-state index in [0.29, 0.717) is 22.0 Å². The largest absolute Gasteiger partial charge is 0.358 e. The highest BCUT2D eigenvalue weighted by Gasteiger charge is 2.42. The van der Waals surface area contributed by atoms with Crippen molar-refractivity contribution in [3.63, 3.8) is 0 Å². The fourth-order valence-electron chi connectivity index (χ4n) is 3.25. The van der Waals surface area contributed by atoms with Gasteiger partial charge in [0.2, 0.25) is 5.91 Å². The molecule has 2 aromatic carbocycles. The molecule has 0 radical (unpaired) electrons. The fourth-order valence-corrected chi connectivity index (χ4v) is 4.15. The average Bonchev–Trinajstić information content (AvgIpc) is 2.71. The highest BCUT2D eigenvalue weighted by Crippen LogP contribution is 2.25. The summed E-state index contributed by atoms with van der Waals surface area (Å²) < 4.78 is 38.0. The van der Waals surface area contributed by atoms with E-state index in [1.165, 1.54) is 30.9 Å². The molecule has 30 heavy (non-hydrogen) atoms. The molecule has 3 aromatic rings. The minimum atomic E-state index is -3.72. The van der Waals surface area contributed by atoms with Gasteiger partial charge in [-0.15, -0.1) is 0 Å². The van der Waals surface area contributed by atoms with Gasteiger partial charge in [0.1, 0.15) is 10.6 Å². The molecule has 0 aliphatic heterocycles. The van der Waals surface area contributed by atoms with Gasteiger partial charge >= 0.3 is 0 Å². The standard InChI is InChI=1S/C21H22FN3O4S/c1-21(20(27)23-2,30(3,28)29)10-11-25-13-24-18-12-14(8-9-16(18)19(25)26)15-6-4-5-7-17(15)22/h4-9,12-13H,10-11H2,1-3H3,(H,23,27)/t21-/m1/s1. The lowest BCUT2D eigenvalue weighted by Crippen LogP contribution is -2.49. The summed E-state index contributed by atoms with van der Waals surface area (Å²) in [6, 6.07) is 11.2. The minimum absolute atomic E-state index is 0.00612. The van der Waals surface area contributed by atoms with Crippen LogP contribution in [0.5, 0.6) is 0 Å². The van der Waals surface area contributed by atoms with Gasteiger partial charge in [-0.3, -0.25) is 14.2 Å². The van der Waals surface area contributed by atoms with E-state index >= 15 is 0 Å². The van der Waals surface area contributed by atoms with Gasteiger partial charge in [0.15, 0.2) is 9.84 Å². The Labute approximate surface area is 173 Å². The molecule has 0 fully saturated rings. The van der Waals surface area contributed by atoms with Crippen molar-refractivity contribution in [2.45, 2.75) is 24.6 Å². The minimum Gasteiger partial charge on any atom is -0.358 e. The second-order valence-electron chi connectivity index (χ2n) is 7.29. The van der Waals surface area contributed by atoms with Gasteiger partial charge in [0.05, 0.1) is 17.2 Å². The van der Waals surface area contributed by atoms with Crippen LogP contribution < -0.4 is 10.9 Å². The van der Waals surface area contributed by atoms with Gasteiger partial charge in [0.25, 0.3) is 5.56 Å². The maximum Gasteiger partial charge on any atom is 0.261 e. The second kappa shape index (κ2) is 7.98. The zero-order chi connectivity index (χ0) is 22.1. The summed E-state index contributed by atoms with van der Waals surface area (Å²) in [5.41, 5.74) is 1.02. The molecule has 0 spiro atoms. The molecule has 1 heterocycles. The number of hydrogen-bond donors (Lipinski definition) is 1. The smallest absolute Gasteiger partial charge is 0.261 e. The van der Waals surface area contributed by atoms with Crippen LogP contribution in [-0.4, -0.2) is 41.9 Å². The molecule has 0 bridgehead atoms. The number of carbonyl (C=O) groups excluding carboxylic acids is 1. The Morgan fingerprint density at radius 2 is 1.93 bits per heavy atom. The van der Waals surface area contributed by atoms with E-state index in [2.05, 4.69) is 10.3 Å². The molecular formula is C21H22FN3O4S. The van der Waals surface area contributed by atoms with E-state index in [9.17, 15) is 22.4 Å². The Hall–Kier alpha value is -3.07. The number of nitrogens with one attached hydrogen (secondary N) is 1. The highest BCUT2D eigenvalue weighted by molar-refractivity contribution is 7.92. The lowest BCUT2D eigenvalue weighted by atomic mass is 10.0. The molecular weight excluding hydrogens is 409 g/mol. The van der Waals surface area contributed by atoms with Crippen LogP contribution in [0.1, 0.15) is 13.3 Å². The van der Waals surface area contributed by atoms with Crippen LogP contribution in [0.15, 0.2) is 53.6 Å². The molecule has 1 atom stereocenters. The molecule has 1 N–H and O–H groups in total.